The SMILES string of the molecule is Cc1ccccc1-c1ccc(Cn2nc3c(=O)n([C@@H]4CCCC[C@H]4O)nc-3c3cccc(Cl)c32)cc1C. The van der Waals surface area contributed by atoms with Crippen LogP contribution in [0.4, 0.5) is 0 Å². The van der Waals surface area contributed by atoms with Gasteiger partial charge < -0.3 is 5.11 Å². The lowest BCUT2D eigenvalue weighted by Crippen LogP contribution is -2.33. The molecule has 0 saturated heterocycles. The van der Waals surface area contributed by atoms with Crippen molar-refractivity contribution in [3.8, 4) is 22.5 Å². The van der Waals surface area contributed by atoms with Gasteiger partial charge in [-0.25, -0.2) is 4.68 Å². The van der Waals surface area contributed by atoms with Crippen LogP contribution in [-0.2, 0) is 6.54 Å². The minimum Gasteiger partial charge on any atom is -0.391 e. The number of hydrogen-bond donors (Lipinski definition) is 1. The van der Waals surface area contributed by atoms with Crippen LogP contribution >= 0.6 is 11.6 Å². The molecule has 0 radical (unpaired) electrons. The molecular weight excluding hydrogens is 484 g/mol. The summed E-state index contributed by atoms with van der Waals surface area (Å²) in [5.74, 6) is 0. The van der Waals surface area contributed by atoms with E-state index in [4.69, 9.17) is 16.7 Å². The second-order valence-electron chi connectivity index (χ2n) is 10.1. The first-order valence-corrected chi connectivity index (χ1v) is 13.2. The number of aliphatic hydroxyl groups is 1. The summed E-state index contributed by atoms with van der Waals surface area (Å²) in [6.45, 7) is 4.70. The van der Waals surface area contributed by atoms with Crippen molar-refractivity contribution < 1.29 is 5.11 Å². The number of halogens is 1. The van der Waals surface area contributed by atoms with E-state index in [1.807, 2.05) is 22.9 Å². The largest absolute Gasteiger partial charge is 0.391 e. The zero-order valence-electron chi connectivity index (χ0n) is 21.0. The topological polar surface area (TPSA) is 72.9 Å². The fourth-order valence-corrected chi connectivity index (χ4v) is 5.98. The highest BCUT2D eigenvalue weighted by Gasteiger charge is 2.31. The molecule has 37 heavy (non-hydrogen) atoms. The Morgan fingerprint density at radius 3 is 2.49 bits per heavy atom. The van der Waals surface area contributed by atoms with Crippen LogP contribution in [0.5, 0.6) is 0 Å². The lowest BCUT2D eigenvalue weighted by atomic mass is 9.93. The van der Waals surface area contributed by atoms with Gasteiger partial charge in [0.15, 0.2) is 5.69 Å². The first-order chi connectivity index (χ1) is 17.9. The number of nitrogens with zero attached hydrogens (tertiary/aromatic N) is 4. The van der Waals surface area contributed by atoms with Crippen LogP contribution in [0.2, 0.25) is 5.02 Å². The van der Waals surface area contributed by atoms with Crippen LogP contribution in [0.3, 0.4) is 0 Å². The molecule has 2 aliphatic heterocycles. The predicted molar refractivity (Wildman–Crippen MR) is 147 cm³/mol. The number of benzene rings is 3. The summed E-state index contributed by atoms with van der Waals surface area (Å²) in [7, 11) is 0. The third kappa shape index (κ3) is 4.14. The van der Waals surface area contributed by atoms with Gasteiger partial charge >= 0.3 is 0 Å². The summed E-state index contributed by atoms with van der Waals surface area (Å²) in [4.78, 5) is 13.5. The van der Waals surface area contributed by atoms with Crippen molar-refractivity contribution in [3.63, 3.8) is 0 Å². The van der Waals surface area contributed by atoms with Gasteiger partial charge in [0.05, 0.1) is 29.2 Å². The summed E-state index contributed by atoms with van der Waals surface area (Å²) in [5, 5.41) is 21.4. The van der Waals surface area contributed by atoms with Crippen molar-refractivity contribution in [3.05, 3.63) is 92.7 Å². The van der Waals surface area contributed by atoms with E-state index in [9.17, 15) is 9.90 Å². The Labute approximate surface area is 220 Å². The standard InChI is InChI=1S/C30H29ClN4O2/c1-18-8-3-4-9-21(18)22-15-14-20(16-19(22)2)17-34-29-23(10-7-11-24(29)31)27-28(32-34)30(37)35(33-27)25-12-5-6-13-26(25)36/h3-4,7-11,14-16,25-26,36H,5-6,12-13,17H2,1-2H3/t25-,26-/m1/s1. The fraction of sp³-hybridized carbons (Fsp3) is 0.300. The lowest BCUT2D eigenvalue weighted by molar-refractivity contribution is 0.0681. The Kier molecular flexibility index (Phi) is 6.09. The van der Waals surface area contributed by atoms with Gasteiger partial charge in [0.1, 0.15) is 5.69 Å². The van der Waals surface area contributed by atoms with E-state index < -0.39 is 6.10 Å². The van der Waals surface area contributed by atoms with Crippen LogP contribution in [0.1, 0.15) is 48.4 Å². The normalized spacial score (nSPS) is 18.1. The maximum atomic E-state index is 13.5. The van der Waals surface area contributed by atoms with E-state index in [0.29, 0.717) is 29.4 Å². The lowest BCUT2D eigenvalue weighted by Gasteiger charge is -2.26. The molecule has 0 unspecified atom stereocenters. The molecule has 3 aromatic carbocycles. The Bertz CT molecular complexity index is 1650. The van der Waals surface area contributed by atoms with Crippen molar-refractivity contribution in [2.45, 2.75) is 58.2 Å². The first kappa shape index (κ1) is 23.9. The molecule has 2 atom stereocenters. The Morgan fingerprint density at radius 1 is 0.919 bits per heavy atom. The molecular formula is C30H29ClN4O2. The van der Waals surface area contributed by atoms with Crippen molar-refractivity contribution >= 4 is 22.5 Å². The third-order valence-corrected chi connectivity index (χ3v) is 7.93. The molecule has 1 aliphatic carbocycles. The number of aromatic nitrogens is 4. The molecule has 0 bridgehead atoms. The molecule has 6 rings (SSSR count). The van der Waals surface area contributed by atoms with E-state index in [1.54, 1.807) is 0 Å². The quantitative estimate of drug-likeness (QED) is 0.313. The maximum Gasteiger partial charge on any atom is 0.297 e. The van der Waals surface area contributed by atoms with E-state index in [2.05, 4.69) is 61.4 Å². The number of aryl methyl sites for hydroxylation is 2. The third-order valence-electron chi connectivity index (χ3n) is 7.63. The van der Waals surface area contributed by atoms with E-state index in [-0.39, 0.29) is 11.6 Å². The van der Waals surface area contributed by atoms with E-state index in [1.165, 1.54) is 26.9 Å². The minimum atomic E-state index is -0.576. The molecule has 2 heterocycles. The smallest absolute Gasteiger partial charge is 0.297 e. The summed E-state index contributed by atoms with van der Waals surface area (Å²) < 4.78 is 3.26. The Hall–Kier alpha value is -3.48. The van der Waals surface area contributed by atoms with Gasteiger partial charge in [0, 0.05) is 5.39 Å². The van der Waals surface area contributed by atoms with Crippen molar-refractivity contribution in [2.75, 3.05) is 0 Å². The zero-order chi connectivity index (χ0) is 25.7. The van der Waals surface area contributed by atoms with Gasteiger partial charge in [-0.1, -0.05) is 79.0 Å². The maximum absolute atomic E-state index is 13.5. The summed E-state index contributed by atoms with van der Waals surface area (Å²) in [5.41, 5.74) is 7.22. The van der Waals surface area contributed by atoms with Gasteiger partial charge in [0.25, 0.3) is 5.56 Å². The van der Waals surface area contributed by atoms with E-state index in [0.717, 1.165) is 35.7 Å². The van der Waals surface area contributed by atoms with E-state index >= 15 is 0 Å². The monoisotopic (exact) mass is 512 g/mol. The highest BCUT2D eigenvalue weighted by molar-refractivity contribution is 6.35. The molecule has 3 aliphatic rings. The zero-order valence-corrected chi connectivity index (χ0v) is 21.7. The van der Waals surface area contributed by atoms with Gasteiger partial charge in [-0.2, -0.15) is 10.2 Å². The Morgan fingerprint density at radius 2 is 1.70 bits per heavy atom. The molecule has 0 aromatic heterocycles. The molecule has 1 saturated carbocycles. The Balaban J connectivity index is 1.47. The summed E-state index contributed by atoms with van der Waals surface area (Å²) >= 11 is 6.69. The molecule has 7 heteroatoms. The fourth-order valence-electron chi connectivity index (χ4n) is 5.71. The van der Waals surface area contributed by atoms with Gasteiger partial charge in [-0.05, 0) is 60.6 Å². The number of rotatable bonds is 4. The number of hydrogen-bond acceptors (Lipinski definition) is 4. The predicted octanol–water partition coefficient (Wildman–Crippen LogP) is 6.16. The average molecular weight is 513 g/mol. The van der Waals surface area contributed by atoms with Gasteiger partial charge in [0.2, 0.25) is 0 Å². The van der Waals surface area contributed by atoms with Crippen LogP contribution in [0.15, 0.2) is 65.5 Å². The van der Waals surface area contributed by atoms with Crippen molar-refractivity contribution in [2.24, 2.45) is 0 Å². The highest BCUT2D eigenvalue weighted by Crippen LogP contribution is 2.34. The van der Waals surface area contributed by atoms with Crippen LogP contribution in [0.25, 0.3) is 33.4 Å². The van der Waals surface area contributed by atoms with Gasteiger partial charge in [-0.15, -0.1) is 0 Å². The first-order valence-electron chi connectivity index (χ1n) is 12.8. The second-order valence-corrected chi connectivity index (χ2v) is 10.5. The number of para-hydroxylation sites is 1. The number of aliphatic hydroxyl groups excluding tert-OH is 1. The molecule has 1 fully saturated rings. The highest BCUT2D eigenvalue weighted by atomic mass is 35.5. The second kappa shape index (κ2) is 9.43. The van der Waals surface area contributed by atoms with Gasteiger partial charge in [-0.3, -0.25) is 9.48 Å². The molecule has 3 aromatic rings. The summed E-state index contributed by atoms with van der Waals surface area (Å²) in [6, 6.07) is 20.1. The van der Waals surface area contributed by atoms with Crippen molar-refractivity contribution in [1.29, 1.82) is 0 Å². The summed E-state index contributed by atoms with van der Waals surface area (Å²) in [6.07, 6.45) is 2.77. The molecule has 1 N–H and O–H groups in total. The van der Waals surface area contributed by atoms with Crippen LogP contribution < -0.4 is 5.56 Å². The molecule has 0 amide bonds. The minimum absolute atomic E-state index is 0.261. The van der Waals surface area contributed by atoms with Crippen LogP contribution in [-0.4, -0.2) is 30.8 Å². The molecule has 6 nitrogen and oxygen atoms in total. The van der Waals surface area contributed by atoms with Crippen molar-refractivity contribution in [1.82, 2.24) is 19.6 Å². The molecule has 0 spiro atoms. The average Bonchev–Trinajstić information content (AvgIpc) is 3.21. The number of fused-ring (bicyclic) bond motifs is 3. The van der Waals surface area contributed by atoms with Crippen LogP contribution in [0, 0.1) is 13.8 Å². The molecule has 188 valence electrons.